The second-order valence-electron chi connectivity index (χ2n) is 4.37. The van der Waals surface area contributed by atoms with Crippen molar-refractivity contribution in [1.29, 1.82) is 0 Å². The van der Waals surface area contributed by atoms with E-state index in [0.29, 0.717) is 24.7 Å². The third-order valence-corrected chi connectivity index (χ3v) is 2.75. The van der Waals surface area contributed by atoms with Gasteiger partial charge in [-0.15, -0.1) is 0 Å². The van der Waals surface area contributed by atoms with E-state index in [-0.39, 0.29) is 5.91 Å². The number of ether oxygens (including phenoxy) is 1. The topological polar surface area (TPSA) is 51.5 Å². The summed E-state index contributed by atoms with van der Waals surface area (Å²) in [6.07, 6.45) is 0. The van der Waals surface area contributed by atoms with Crippen molar-refractivity contribution < 1.29 is 13.9 Å². The van der Waals surface area contributed by atoms with E-state index in [9.17, 15) is 4.79 Å². The molecule has 0 saturated heterocycles. The maximum Gasteiger partial charge on any atom is 0.287 e. The lowest BCUT2D eigenvalue weighted by Gasteiger charge is -2.04. The molecule has 0 radical (unpaired) electrons. The Bertz CT molecular complexity index is 543. The van der Waals surface area contributed by atoms with Crippen LogP contribution in [-0.4, -0.2) is 13.0 Å². The van der Waals surface area contributed by atoms with Gasteiger partial charge in [0.05, 0.1) is 0 Å². The highest BCUT2D eigenvalue weighted by atomic mass is 16.5. The molecule has 100 valence electrons. The molecule has 0 aliphatic rings. The first-order valence-electron chi connectivity index (χ1n) is 6.10. The highest BCUT2D eigenvalue weighted by Crippen LogP contribution is 2.09. The lowest BCUT2D eigenvalue weighted by Crippen LogP contribution is -2.22. The number of nitrogens with one attached hydrogen (secondary N) is 1. The predicted octanol–water partition coefficient (Wildman–Crippen LogP) is 2.66. The van der Waals surface area contributed by atoms with Crippen molar-refractivity contribution in [2.45, 2.75) is 20.1 Å². The molecular formula is C15H17NO3. The summed E-state index contributed by atoms with van der Waals surface area (Å²) < 4.78 is 10.3. The average Bonchev–Trinajstić information content (AvgIpc) is 2.87. The molecule has 0 aliphatic carbocycles. The zero-order chi connectivity index (χ0) is 13.7. The molecule has 0 aliphatic heterocycles. The van der Waals surface area contributed by atoms with Gasteiger partial charge in [-0.25, -0.2) is 0 Å². The molecule has 4 nitrogen and oxygen atoms in total. The Balaban J connectivity index is 1.91. The van der Waals surface area contributed by atoms with E-state index in [1.807, 2.05) is 31.2 Å². The SMILES string of the molecule is COCc1ccc(C(=O)NCc2ccc(C)cc2)o1. The summed E-state index contributed by atoms with van der Waals surface area (Å²) >= 11 is 0. The van der Waals surface area contributed by atoms with Crippen LogP contribution in [0.5, 0.6) is 0 Å². The molecular weight excluding hydrogens is 242 g/mol. The Morgan fingerprint density at radius 1 is 1.21 bits per heavy atom. The van der Waals surface area contributed by atoms with Gasteiger partial charge in [0.1, 0.15) is 12.4 Å². The maximum absolute atomic E-state index is 11.9. The number of furan rings is 1. The van der Waals surface area contributed by atoms with Crippen molar-refractivity contribution in [2.24, 2.45) is 0 Å². The summed E-state index contributed by atoms with van der Waals surface area (Å²) in [7, 11) is 1.58. The number of carbonyl (C=O) groups excluding carboxylic acids is 1. The molecule has 19 heavy (non-hydrogen) atoms. The van der Waals surface area contributed by atoms with E-state index < -0.39 is 0 Å². The van der Waals surface area contributed by atoms with Gasteiger partial charge >= 0.3 is 0 Å². The van der Waals surface area contributed by atoms with Crippen LogP contribution >= 0.6 is 0 Å². The van der Waals surface area contributed by atoms with Crippen LogP contribution < -0.4 is 5.32 Å². The molecule has 1 heterocycles. The highest BCUT2D eigenvalue weighted by molar-refractivity contribution is 5.91. The van der Waals surface area contributed by atoms with Crippen molar-refractivity contribution in [1.82, 2.24) is 5.32 Å². The molecule has 1 amide bonds. The minimum Gasteiger partial charge on any atom is -0.453 e. The average molecular weight is 259 g/mol. The fourth-order valence-corrected chi connectivity index (χ4v) is 1.70. The number of hydrogen-bond donors (Lipinski definition) is 1. The summed E-state index contributed by atoms with van der Waals surface area (Å²) in [6, 6.07) is 11.4. The van der Waals surface area contributed by atoms with E-state index >= 15 is 0 Å². The van der Waals surface area contributed by atoms with Gasteiger partial charge in [-0.3, -0.25) is 4.79 Å². The van der Waals surface area contributed by atoms with E-state index in [4.69, 9.17) is 9.15 Å². The van der Waals surface area contributed by atoms with Gasteiger partial charge in [0.15, 0.2) is 5.76 Å². The summed E-state index contributed by atoms with van der Waals surface area (Å²) in [6.45, 7) is 2.88. The van der Waals surface area contributed by atoms with Crippen LogP contribution in [0.25, 0.3) is 0 Å². The van der Waals surface area contributed by atoms with Crippen LogP contribution in [0.3, 0.4) is 0 Å². The largest absolute Gasteiger partial charge is 0.453 e. The molecule has 0 spiro atoms. The molecule has 1 aromatic carbocycles. The number of aryl methyl sites for hydroxylation is 1. The Kier molecular flexibility index (Phi) is 4.36. The van der Waals surface area contributed by atoms with Gasteiger partial charge in [-0.05, 0) is 24.6 Å². The first-order valence-corrected chi connectivity index (χ1v) is 6.10. The van der Waals surface area contributed by atoms with Gasteiger partial charge in [-0.2, -0.15) is 0 Å². The van der Waals surface area contributed by atoms with Crippen molar-refractivity contribution in [2.75, 3.05) is 7.11 Å². The zero-order valence-corrected chi connectivity index (χ0v) is 11.1. The molecule has 0 saturated carbocycles. The minimum absolute atomic E-state index is 0.220. The number of amides is 1. The van der Waals surface area contributed by atoms with Crippen molar-refractivity contribution in [3.63, 3.8) is 0 Å². The number of hydrogen-bond acceptors (Lipinski definition) is 3. The smallest absolute Gasteiger partial charge is 0.287 e. The van der Waals surface area contributed by atoms with E-state index in [1.165, 1.54) is 5.56 Å². The van der Waals surface area contributed by atoms with Crippen molar-refractivity contribution in [3.8, 4) is 0 Å². The number of benzene rings is 1. The zero-order valence-electron chi connectivity index (χ0n) is 11.1. The Morgan fingerprint density at radius 2 is 1.95 bits per heavy atom. The lowest BCUT2D eigenvalue weighted by molar-refractivity contribution is 0.0914. The van der Waals surface area contributed by atoms with Crippen molar-refractivity contribution in [3.05, 3.63) is 59.0 Å². The first kappa shape index (κ1) is 13.4. The predicted molar refractivity (Wildman–Crippen MR) is 71.8 cm³/mol. The van der Waals surface area contributed by atoms with Crippen LogP contribution in [0.2, 0.25) is 0 Å². The fourth-order valence-electron chi connectivity index (χ4n) is 1.70. The number of rotatable bonds is 5. The molecule has 0 atom stereocenters. The second kappa shape index (κ2) is 6.20. The standard InChI is InChI=1S/C15H17NO3/c1-11-3-5-12(6-4-11)9-16-15(17)14-8-7-13(19-14)10-18-2/h3-8H,9-10H2,1-2H3,(H,16,17). The third-order valence-electron chi connectivity index (χ3n) is 2.75. The number of carbonyl (C=O) groups is 1. The van der Waals surface area contributed by atoms with Gasteiger partial charge in [0.25, 0.3) is 5.91 Å². The Hall–Kier alpha value is -2.07. The fraction of sp³-hybridized carbons (Fsp3) is 0.267. The lowest BCUT2D eigenvalue weighted by atomic mass is 10.1. The Morgan fingerprint density at radius 3 is 2.63 bits per heavy atom. The van der Waals surface area contributed by atoms with E-state index in [1.54, 1.807) is 19.2 Å². The molecule has 4 heteroatoms. The van der Waals surface area contributed by atoms with Crippen LogP contribution in [0.1, 0.15) is 27.4 Å². The summed E-state index contributed by atoms with van der Waals surface area (Å²) in [5.41, 5.74) is 2.26. The quantitative estimate of drug-likeness (QED) is 0.898. The summed E-state index contributed by atoms with van der Waals surface area (Å²) in [5.74, 6) is 0.727. The first-order chi connectivity index (χ1) is 9.19. The second-order valence-corrected chi connectivity index (χ2v) is 4.37. The molecule has 0 bridgehead atoms. The van der Waals surface area contributed by atoms with Gasteiger partial charge < -0.3 is 14.5 Å². The molecule has 1 N–H and O–H groups in total. The van der Waals surface area contributed by atoms with E-state index in [2.05, 4.69) is 5.32 Å². The van der Waals surface area contributed by atoms with Gasteiger partial charge in [0.2, 0.25) is 0 Å². The monoisotopic (exact) mass is 259 g/mol. The summed E-state index contributed by atoms with van der Waals surface area (Å²) in [5, 5.41) is 2.82. The Labute approximate surface area is 112 Å². The van der Waals surface area contributed by atoms with Crippen LogP contribution in [-0.2, 0) is 17.9 Å². The molecule has 0 fully saturated rings. The van der Waals surface area contributed by atoms with Gasteiger partial charge in [-0.1, -0.05) is 29.8 Å². The number of methoxy groups -OCH3 is 1. The molecule has 2 aromatic rings. The van der Waals surface area contributed by atoms with Crippen molar-refractivity contribution >= 4 is 5.91 Å². The molecule has 0 unspecified atom stereocenters. The molecule has 2 rings (SSSR count). The molecule has 1 aromatic heterocycles. The van der Waals surface area contributed by atoms with E-state index in [0.717, 1.165) is 5.56 Å². The van der Waals surface area contributed by atoms with Crippen LogP contribution in [0.15, 0.2) is 40.8 Å². The third kappa shape index (κ3) is 3.69. The maximum atomic E-state index is 11.9. The van der Waals surface area contributed by atoms with Crippen LogP contribution in [0, 0.1) is 6.92 Å². The normalized spacial score (nSPS) is 10.4. The van der Waals surface area contributed by atoms with Crippen LogP contribution in [0.4, 0.5) is 0 Å². The van der Waals surface area contributed by atoms with Gasteiger partial charge in [0, 0.05) is 13.7 Å². The summed E-state index contributed by atoms with van der Waals surface area (Å²) in [4.78, 5) is 11.9. The highest BCUT2D eigenvalue weighted by Gasteiger charge is 2.10. The minimum atomic E-state index is -0.220.